The van der Waals surface area contributed by atoms with Crippen molar-refractivity contribution in [1.82, 2.24) is 10.6 Å². The van der Waals surface area contributed by atoms with Crippen LogP contribution in [-0.2, 0) is 4.79 Å². The molecule has 0 saturated carbocycles. The highest BCUT2D eigenvalue weighted by Crippen LogP contribution is 2.20. The Hall–Kier alpha value is -1.06. The number of amides is 1. The van der Waals surface area contributed by atoms with Crippen molar-refractivity contribution in [3.8, 4) is 0 Å². The molecule has 1 fully saturated rings. The molecule has 3 nitrogen and oxygen atoms in total. The predicted molar refractivity (Wildman–Crippen MR) is 78.3 cm³/mol. The second kappa shape index (κ2) is 6.92. The van der Waals surface area contributed by atoms with Gasteiger partial charge in [0.15, 0.2) is 0 Å². The maximum atomic E-state index is 12.2. The Morgan fingerprint density at radius 3 is 3.00 bits per heavy atom. The lowest BCUT2D eigenvalue weighted by atomic mass is 10.0. The number of hydrogen-bond donors (Lipinski definition) is 2. The van der Waals surface area contributed by atoms with Crippen molar-refractivity contribution in [2.24, 2.45) is 0 Å². The molecule has 0 bridgehead atoms. The lowest BCUT2D eigenvalue weighted by molar-refractivity contribution is -0.124. The van der Waals surface area contributed by atoms with Crippen molar-refractivity contribution >= 4 is 17.5 Å². The number of rotatable bonds is 4. The summed E-state index contributed by atoms with van der Waals surface area (Å²) in [6, 6.07) is 7.70. The molecule has 19 heavy (non-hydrogen) atoms. The minimum Gasteiger partial charge on any atom is -0.348 e. The molecule has 0 aliphatic carbocycles. The molecule has 0 radical (unpaired) electrons. The van der Waals surface area contributed by atoms with Crippen molar-refractivity contribution in [2.45, 2.75) is 44.7 Å². The zero-order valence-electron chi connectivity index (χ0n) is 11.3. The van der Waals surface area contributed by atoms with Gasteiger partial charge >= 0.3 is 0 Å². The molecule has 1 amide bonds. The number of hydrogen-bond acceptors (Lipinski definition) is 2. The summed E-state index contributed by atoms with van der Waals surface area (Å²) in [5.74, 6) is 0.103. The van der Waals surface area contributed by atoms with Crippen LogP contribution in [0.15, 0.2) is 24.3 Å². The van der Waals surface area contributed by atoms with Gasteiger partial charge in [-0.1, -0.05) is 37.1 Å². The Balaban J connectivity index is 2.00. The summed E-state index contributed by atoms with van der Waals surface area (Å²) in [5, 5.41) is 7.10. The number of piperidine rings is 1. The Morgan fingerprint density at radius 1 is 1.53 bits per heavy atom. The number of nitrogens with one attached hydrogen (secondary N) is 2. The first-order valence-electron chi connectivity index (χ1n) is 7.00. The highest BCUT2D eigenvalue weighted by Gasteiger charge is 2.22. The van der Waals surface area contributed by atoms with E-state index < -0.39 is 0 Å². The highest BCUT2D eigenvalue weighted by atomic mass is 35.5. The summed E-state index contributed by atoms with van der Waals surface area (Å²) in [4.78, 5) is 12.2. The van der Waals surface area contributed by atoms with E-state index in [2.05, 4.69) is 17.6 Å². The Morgan fingerprint density at radius 2 is 2.37 bits per heavy atom. The summed E-state index contributed by atoms with van der Waals surface area (Å²) >= 11 is 6.01. The summed E-state index contributed by atoms with van der Waals surface area (Å²) < 4.78 is 0. The maximum Gasteiger partial charge on any atom is 0.237 e. The number of carbonyl (C=O) groups is 1. The van der Waals surface area contributed by atoms with Gasteiger partial charge < -0.3 is 10.6 Å². The Bertz CT molecular complexity index is 430. The van der Waals surface area contributed by atoms with E-state index >= 15 is 0 Å². The molecule has 1 aromatic carbocycles. The third-order valence-corrected chi connectivity index (χ3v) is 3.84. The summed E-state index contributed by atoms with van der Waals surface area (Å²) in [6.07, 6.45) is 4.07. The van der Waals surface area contributed by atoms with Crippen molar-refractivity contribution in [3.63, 3.8) is 0 Å². The summed E-state index contributed by atoms with van der Waals surface area (Å²) in [7, 11) is 0. The van der Waals surface area contributed by atoms with E-state index in [0.717, 1.165) is 37.8 Å². The topological polar surface area (TPSA) is 41.1 Å². The molecule has 2 atom stereocenters. The van der Waals surface area contributed by atoms with Gasteiger partial charge in [0.1, 0.15) is 0 Å². The summed E-state index contributed by atoms with van der Waals surface area (Å²) in [5.41, 5.74) is 1.07. The van der Waals surface area contributed by atoms with Gasteiger partial charge in [0.05, 0.1) is 12.1 Å². The minimum absolute atomic E-state index is 0.0370. The average molecular weight is 281 g/mol. The van der Waals surface area contributed by atoms with Crippen LogP contribution >= 0.6 is 11.6 Å². The van der Waals surface area contributed by atoms with E-state index in [1.165, 1.54) is 0 Å². The summed E-state index contributed by atoms with van der Waals surface area (Å²) in [6.45, 7) is 3.01. The fourth-order valence-corrected chi connectivity index (χ4v) is 2.69. The van der Waals surface area contributed by atoms with Gasteiger partial charge in [0.25, 0.3) is 0 Å². The van der Waals surface area contributed by atoms with Gasteiger partial charge in [-0.25, -0.2) is 0 Å². The van der Waals surface area contributed by atoms with E-state index in [1.807, 2.05) is 24.3 Å². The molecule has 1 aliphatic heterocycles. The molecular formula is C15H21ClN2O. The molecule has 1 unspecified atom stereocenters. The molecule has 104 valence electrons. The van der Waals surface area contributed by atoms with E-state index in [-0.39, 0.29) is 18.0 Å². The van der Waals surface area contributed by atoms with Crippen LogP contribution in [-0.4, -0.2) is 18.5 Å². The van der Waals surface area contributed by atoms with Crippen molar-refractivity contribution in [3.05, 3.63) is 34.9 Å². The highest BCUT2D eigenvalue weighted by molar-refractivity contribution is 6.30. The SMILES string of the molecule is CCC(NC(=O)[C@H]1CCCCN1)c1cccc(Cl)c1. The zero-order valence-corrected chi connectivity index (χ0v) is 12.0. The molecule has 4 heteroatoms. The number of halogens is 1. The van der Waals surface area contributed by atoms with E-state index in [0.29, 0.717) is 5.02 Å². The molecule has 1 saturated heterocycles. The monoisotopic (exact) mass is 280 g/mol. The molecule has 1 heterocycles. The van der Waals surface area contributed by atoms with Crippen LogP contribution in [0.2, 0.25) is 5.02 Å². The average Bonchev–Trinajstić information content (AvgIpc) is 2.45. The Kier molecular flexibility index (Phi) is 5.23. The van der Waals surface area contributed by atoms with Gasteiger partial charge in [-0.3, -0.25) is 4.79 Å². The van der Waals surface area contributed by atoms with Crippen LogP contribution in [0, 0.1) is 0 Å². The fourth-order valence-electron chi connectivity index (χ4n) is 2.49. The van der Waals surface area contributed by atoms with Crippen LogP contribution in [0.4, 0.5) is 0 Å². The maximum absolute atomic E-state index is 12.2. The van der Waals surface area contributed by atoms with Crippen LogP contribution < -0.4 is 10.6 Å². The molecule has 2 N–H and O–H groups in total. The van der Waals surface area contributed by atoms with Crippen molar-refractivity contribution in [2.75, 3.05) is 6.54 Å². The largest absolute Gasteiger partial charge is 0.348 e. The first-order valence-corrected chi connectivity index (χ1v) is 7.37. The molecular weight excluding hydrogens is 260 g/mol. The molecule has 1 aliphatic rings. The van der Waals surface area contributed by atoms with Crippen LogP contribution in [0.1, 0.15) is 44.2 Å². The van der Waals surface area contributed by atoms with Crippen LogP contribution in [0.25, 0.3) is 0 Å². The van der Waals surface area contributed by atoms with E-state index in [4.69, 9.17) is 11.6 Å². The normalized spacial score (nSPS) is 20.8. The molecule has 0 spiro atoms. The second-order valence-corrected chi connectivity index (χ2v) is 5.46. The van der Waals surface area contributed by atoms with Crippen LogP contribution in [0.3, 0.4) is 0 Å². The minimum atomic E-state index is -0.0398. The van der Waals surface area contributed by atoms with Crippen molar-refractivity contribution < 1.29 is 4.79 Å². The van der Waals surface area contributed by atoms with Gasteiger partial charge in [0.2, 0.25) is 5.91 Å². The third-order valence-electron chi connectivity index (χ3n) is 3.60. The Labute approximate surface area is 119 Å². The van der Waals surface area contributed by atoms with E-state index in [1.54, 1.807) is 0 Å². The van der Waals surface area contributed by atoms with E-state index in [9.17, 15) is 4.79 Å². The van der Waals surface area contributed by atoms with Crippen LogP contribution in [0.5, 0.6) is 0 Å². The first-order chi connectivity index (χ1) is 9.20. The second-order valence-electron chi connectivity index (χ2n) is 5.03. The van der Waals surface area contributed by atoms with Gasteiger partial charge in [-0.05, 0) is 43.5 Å². The predicted octanol–water partition coefficient (Wildman–Crippen LogP) is 3.05. The lowest BCUT2D eigenvalue weighted by Gasteiger charge is -2.25. The smallest absolute Gasteiger partial charge is 0.237 e. The van der Waals surface area contributed by atoms with Gasteiger partial charge in [-0.2, -0.15) is 0 Å². The number of benzene rings is 1. The zero-order chi connectivity index (χ0) is 13.7. The number of carbonyl (C=O) groups excluding carboxylic acids is 1. The standard InChI is InChI=1S/C15H21ClN2O/c1-2-13(11-6-5-7-12(16)10-11)18-15(19)14-8-3-4-9-17-14/h5-7,10,13-14,17H,2-4,8-9H2,1H3,(H,18,19)/t13?,14-/m1/s1. The molecule has 2 rings (SSSR count). The van der Waals surface area contributed by atoms with Gasteiger partial charge in [0, 0.05) is 5.02 Å². The lowest BCUT2D eigenvalue weighted by Crippen LogP contribution is -2.47. The van der Waals surface area contributed by atoms with Crippen molar-refractivity contribution in [1.29, 1.82) is 0 Å². The third kappa shape index (κ3) is 3.95. The molecule has 1 aromatic rings. The van der Waals surface area contributed by atoms with Gasteiger partial charge in [-0.15, -0.1) is 0 Å². The first kappa shape index (κ1) is 14.4. The fraction of sp³-hybridized carbons (Fsp3) is 0.533. The molecule has 0 aromatic heterocycles. The quantitative estimate of drug-likeness (QED) is 0.890.